The number of aromatic nitrogens is 3. The van der Waals surface area contributed by atoms with Gasteiger partial charge in [-0.25, -0.2) is 9.97 Å². The number of fused-ring (bicyclic) bond motifs is 1. The van der Waals surface area contributed by atoms with Gasteiger partial charge in [-0.3, -0.25) is 0 Å². The summed E-state index contributed by atoms with van der Waals surface area (Å²) in [5, 5.41) is 5.59. The Morgan fingerprint density at radius 3 is 2.47 bits per heavy atom. The molecule has 1 fully saturated rings. The minimum atomic E-state index is 0.332. The number of hydrogen-bond acceptors (Lipinski definition) is 3. The highest BCUT2D eigenvalue weighted by atomic mass is 35.5. The van der Waals surface area contributed by atoms with Crippen molar-refractivity contribution in [1.82, 2.24) is 14.5 Å². The van der Waals surface area contributed by atoms with Crippen LogP contribution in [0.1, 0.15) is 40.0 Å². The van der Waals surface area contributed by atoms with Gasteiger partial charge in [0.15, 0.2) is 5.65 Å². The maximum atomic E-state index is 6.14. The number of anilines is 1. The Hall–Kier alpha value is -2.85. The summed E-state index contributed by atoms with van der Waals surface area (Å²) in [6.45, 7) is 7.11. The van der Waals surface area contributed by atoms with Crippen molar-refractivity contribution in [2.45, 2.75) is 46.1 Å². The van der Waals surface area contributed by atoms with E-state index >= 15 is 0 Å². The molecule has 2 aromatic heterocycles. The first-order valence-corrected chi connectivity index (χ1v) is 11.7. The van der Waals surface area contributed by atoms with Crippen molar-refractivity contribution in [3.8, 4) is 16.8 Å². The van der Waals surface area contributed by atoms with E-state index in [1.807, 2.05) is 30.3 Å². The second kappa shape index (κ2) is 8.25. The van der Waals surface area contributed by atoms with E-state index in [2.05, 4.69) is 61.1 Å². The molecule has 0 bridgehead atoms. The summed E-state index contributed by atoms with van der Waals surface area (Å²) < 4.78 is 2.13. The molecule has 1 aliphatic carbocycles. The van der Waals surface area contributed by atoms with Gasteiger partial charge in [-0.1, -0.05) is 62.7 Å². The average molecular weight is 445 g/mol. The smallest absolute Gasteiger partial charge is 0.150 e. The summed E-state index contributed by atoms with van der Waals surface area (Å²) in [4.78, 5) is 9.43. The van der Waals surface area contributed by atoms with Gasteiger partial charge in [-0.05, 0) is 60.4 Å². The van der Waals surface area contributed by atoms with Gasteiger partial charge in [-0.15, -0.1) is 0 Å². The summed E-state index contributed by atoms with van der Waals surface area (Å²) in [7, 11) is 0. The molecular formula is C27H29ClN4. The molecule has 0 aliphatic heterocycles. The lowest BCUT2D eigenvalue weighted by atomic mass is 9.70. The van der Waals surface area contributed by atoms with Crippen LogP contribution in [0.5, 0.6) is 0 Å². The Bertz CT molecular complexity index is 1230. The highest BCUT2D eigenvalue weighted by Gasteiger charge is 2.32. The van der Waals surface area contributed by atoms with E-state index in [-0.39, 0.29) is 0 Å². The molecular weight excluding hydrogens is 416 g/mol. The zero-order valence-electron chi connectivity index (χ0n) is 18.8. The molecule has 0 radical (unpaired) electrons. The van der Waals surface area contributed by atoms with Gasteiger partial charge < -0.3 is 9.88 Å². The number of hydrogen-bond donors (Lipinski definition) is 1. The number of halogens is 1. The molecule has 4 nitrogen and oxygen atoms in total. The summed E-state index contributed by atoms with van der Waals surface area (Å²) in [5.41, 5.74) is 4.53. The lowest BCUT2D eigenvalue weighted by Crippen LogP contribution is -2.35. The van der Waals surface area contributed by atoms with Gasteiger partial charge >= 0.3 is 0 Å². The van der Waals surface area contributed by atoms with Gasteiger partial charge in [0.1, 0.15) is 12.1 Å². The zero-order valence-corrected chi connectivity index (χ0v) is 19.6. The third-order valence-electron chi connectivity index (χ3n) is 6.50. The molecule has 1 aliphatic rings. The van der Waals surface area contributed by atoms with Crippen LogP contribution in [0.4, 0.5) is 5.82 Å². The van der Waals surface area contributed by atoms with Gasteiger partial charge in [0.05, 0.1) is 5.39 Å². The van der Waals surface area contributed by atoms with Crippen molar-refractivity contribution in [3.05, 3.63) is 72.1 Å². The molecule has 0 spiro atoms. The third-order valence-corrected chi connectivity index (χ3v) is 6.75. The molecule has 5 heteroatoms. The van der Waals surface area contributed by atoms with Crippen molar-refractivity contribution in [1.29, 1.82) is 0 Å². The predicted octanol–water partition coefficient (Wildman–Crippen LogP) is 7.37. The first kappa shape index (κ1) is 21.0. The summed E-state index contributed by atoms with van der Waals surface area (Å²) in [5.74, 6) is 1.61. The topological polar surface area (TPSA) is 42.7 Å². The van der Waals surface area contributed by atoms with E-state index < -0.39 is 0 Å². The maximum absolute atomic E-state index is 6.14. The normalized spacial score (nSPS) is 20.4. The lowest BCUT2D eigenvalue weighted by molar-refractivity contribution is 0.178. The van der Waals surface area contributed by atoms with E-state index in [1.54, 1.807) is 6.33 Å². The number of benzene rings is 2. The predicted molar refractivity (Wildman–Crippen MR) is 134 cm³/mol. The van der Waals surface area contributed by atoms with Crippen LogP contribution in [0.3, 0.4) is 0 Å². The Labute approximate surface area is 194 Å². The second-order valence-electron chi connectivity index (χ2n) is 9.93. The van der Waals surface area contributed by atoms with Gasteiger partial charge in [0, 0.05) is 28.5 Å². The Morgan fingerprint density at radius 1 is 1.00 bits per heavy atom. The molecule has 5 rings (SSSR count). The molecule has 1 saturated carbocycles. The number of rotatable bonds is 4. The largest absolute Gasteiger partial charge is 0.367 e. The second-order valence-corrected chi connectivity index (χ2v) is 10.4. The van der Waals surface area contributed by atoms with Crippen LogP contribution in [0.15, 0.2) is 67.1 Å². The Balaban J connectivity index is 1.65. The molecule has 32 heavy (non-hydrogen) atoms. The third kappa shape index (κ3) is 4.12. The van der Waals surface area contributed by atoms with Gasteiger partial charge in [0.25, 0.3) is 0 Å². The highest BCUT2D eigenvalue weighted by Crippen LogP contribution is 2.41. The molecule has 164 valence electrons. The zero-order chi connectivity index (χ0) is 22.3. The molecule has 1 N–H and O–H groups in total. The van der Waals surface area contributed by atoms with Gasteiger partial charge in [-0.2, -0.15) is 0 Å². The van der Waals surface area contributed by atoms with E-state index in [9.17, 15) is 0 Å². The van der Waals surface area contributed by atoms with Crippen molar-refractivity contribution < 1.29 is 0 Å². The van der Waals surface area contributed by atoms with Crippen LogP contribution in [0.25, 0.3) is 27.8 Å². The van der Waals surface area contributed by atoms with Crippen LogP contribution < -0.4 is 5.32 Å². The van der Waals surface area contributed by atoms with Crippen molar-refractivity contribution in [2.24, 2.45) is 11.3 Å². The molecule has 2 atom stereocenters. The van der Waals surface area contributed by atoms with Gasteiger partial charge in [0.2, 0.25) is 0 Å². The molecule has 0 unspecified atom stereocenters. The standard InChI is InChI=1S/C27H29ClN4/c1-18-13-21(15-27(2,3)14-18)31-25-24-23(19-7-5-4-6-8-19)16-32(26(24)30-17-29-25)22-11-9-20(28)10-12-22/h4-12,16-18,21H,13-15H2,1-3H3,(H,29,30,31)/t18-,21-/m0/s1. The minimum absolute atomic E-state index is 0.332. The molecule has 0 saturated heterocycles. The molecule has 0 amide bonds. The monoisotopic (exact) mass is 444 g/mol. The summed E-state index contributed by atoms with van der Waals surface area (Å²) in [6.07, 6.45) is 7.40. The van der Waals surface area contributed by atoms with Crippen molar-refractivity contribution in [2.75, 3.05) is 5.32 Å². The van der Waals surface area contributed by atoms with E-state index in [4.69, 9.17) is 21.6 Å². The highest BCUT2D eigenvalue weighted by molar-refractivity contribution is 6.30. The van der Waals surface area contributed by atoms with Crippen molar-refractivity contribution >= 4 is 28.5 Å². The lowest BCUT2D eigenvalue weighted by Gasteiger charge is -2.39. The average Bonchev–Trinajstić information content (AvgIpc) is 3.14. The van der Waals surface area contributed by atoms with E-state index in [0.29, 0.717) is 17.4 Å². The Kier molecular flexibility index (Phi) is 5.42. The number of nitrogens with zero attached hydrogens (tertiary/aromatic N) is 3. The van der Waals surface area contributed by atoms with E-state index in [0.717, 1.165) is 51.5 Å². The molecule has 4 aromatic rings. The number of nitrogens with one attached hydrogen (secondary N) is 1. The van der Waals surface area contributed by atoms with Crippen LogP contribution in [0.2, 0.25) is 5.02 Å². The fraction of sp³-hybridized carbons (Fsp3) is 0.333. The van der Waals surface area contributed by atoms with Crippen LogP contribution in [-0.2, 0) is 0 Å². The van der Waals surface area contributed by atoms with Crippen LogP contribution in [-0.4, -0.2) is 20.6 Å². The minimum Gasteiger partial charge on any atom is -0.367 e. The first-order valence-electron chi connectivity index (χ1n) is 11.3. The van der Waals surface area contributed by atoms with Crippen molar-refractivity contribution in [3.63, 3.8) is 0 Å². The summed E-state index contributed by atoms with van der Waals surface area (Å²) >= 11 is 6.14. The Morgan fingerprint density at radius 2 is 1.75 bits per heavy atom. The maximum Gasteiger partial charge on any atom is 0.150 e. The van der Waals surface area contributed by atoms with Crippen LogP contribution >= 0.6 is 11.6 Å². The quantitative estimate of drug-likeness (QED) is 0.357. The van der Waals surface area contributed by atoms with Crippen LogP contribution in [0, 0.1) is 11.3 Å². The molecule has 2 aromatic carbocycles. The SMILES string of the molecule is C[C@H]1C[C@H](Nc2ncnc3c2c(-c2ccccc2)cn3-c2ccc(Cl)cc2)CC(C)(C)C1. The van der Waals surface area contributed by atoms with E-state index in [1.165, 1.54) is 6.42 Å². The first-order chi connectivity index (χ1) is 15.4. The fourth-order valence-electron chi connectivity index (χ4n) is 5.46. The summed E-state index contributed by atoms with van der Waals surface area (Å²) in [6, 6.07) is 18.7. The fourth-order valence-corrected chi connectivity index (χ4v) is 5.58. The molecule has 2 heterocycles.